The SMILES string of the molecule is CCN(CCO)c1ccc(N=Nc2ccc([N+](=O)[O-])c3ccccc23)cc1. The standard InChI is InChI=1S/C20H20N4O3/c1-2-23(13-14-25)16-9-7-15(8-10-16)21-22-19-11-12-20(24(26)27)18-6-4-3-5-17(18)19/h3-12,25H,2,13-14H2,1H3. The molecular formula is C20H20N4O3. The molecule has 0 aliphatic rings. The summed E-state index contributed by atoms with van der Waals surface area (Å²) in [5, 5.41) is 30.1. The van der Waals surface area contributed by atoms with Crippen molar-refractivity contribution in [1.29, 1.82) is 0 Å². The molecular weight excluding hydrogens is 344 g/mol. The van der Waals surface area contributed by atoms with Gasteiger partial charge in [0, 0.05) is 30.2 Å². The maximum atomic E-state index is 11.2. The number of nitro groups is 1. The summed E-state index contributed by atoms with van der Waals surface area (Å²) in [6.07, 6.45) is 0. The third-order valence-corrected chi connectivity index (χ3v) is 4.31. The first-order valence-electron chi connectivity index (χ1n) is 8.67. The predicted octanol–water partition coefficient (Wildman–Crippen LogP) is 4.98. The minimum atomic E-state index is -0.395. The van der Waals surface area contributed by atoms with Crippen LogP contribution in [0.15, 0.2) is 70.9 Å². The molecule has 7 heteroatoms. The molecule has 3 aromatic rings. The molecule has 1 N–H and O–H groups in total. The number of likely N-dealkylation sites (N-methyl/N-ethyl adjacent to an activating group) is 1. The molecule has 0 fully saturated rings. The van der Waals surface area contributed by atoms with Crippen molar-refractivity contribution in [1.82, 2.24) is 0 Å². The van der Waals surface area contributed by atoms with E-state index < -0.39 is 4.92 Å². The number of hydrogen-bond donors (Lipinski definition) is 1. The van der Waals surface area contributed by atoms with Gasteiger partial charge in [-0.1, -0.05) is 18.2 Å². The number of fused-ring (bicyclic) bond motifs is 1. The lowest BCUT2D eigenvalue weighted by atomic mass is 10.1. The molecule has 0 aliphatic carbocycles. The van der Waals surface area contributed by atoms with E-state index in [-0.39, 0.29) is 12.3 Å². The largest absolute Gasteiger partial charge is 0.395 e. The monoisotopic (exact) mass is 364 g/mol. The third kappa shape index (κ3) is 4.09. The molecule has 0 radical (unpaired) electrons. The zero-order valence-corrected chi connectivity index (χ0v) is 14.9. The average molecular weight is 364 g/mol. The van der Waals surface area contributed by atoms with Gasteiger partial charge in [0.25, 0.3) is 5.69 Å². The summed E-state index contributed by atoms with van der Waals surface area (Å²) in [7, 11) is 0. The fourth-order valence-corrected chi connectivity index (χ4v) is 2.95. The van der Waals surface area contributed by atoms with E-state index in [0.29, 0.717) is 28.7 Å². The first-order valence-corrected chi connectivity index (χ1v) is 8.67. The predicted molar refractivity (Wildman–Crippen MR) is 106 cm³/mol. The van der Waals surface area contributed by atoms with Crippen LogP contribution in [0.25, 0.3) is 10.8 Å². The van der Waals surface area contributed by atoms with Crippen molar-refractivity contribution in [2.45, 2.75) is 6.92 Å². The third-order valence-electron chi connectivity index (χ3n) is 4.31. The Morgan fingerprint density at radius 3 is 2.33 bits per heavy atom. The van der Waals surface area contributed by atoms with Gasteiger partial charge < -0.3 is 10.0 Å². The highest BCUT2D eigenvalue weighted by Crippen LogP contribution is 2.34. The highest BCUT2D eigenvalue weighted by atomic mass is 16.6. The van der Waals surface area contributed by atoms with Crippen LogP contribution >= 0.6 is 0 Å². The highest BCUT2D eigenvalue weighted by molar-refractivity contribution is 5.98. The van der Waals surface area contributed by atoms with Crippen molar-refractivity contribution >= 4 is 33.5 Å². The lowest BCUT2D eigenvalue weighted by Crippen LogP contribution is -2.25. The highest BCUT2D eigenvalue weighted by Gasteiger charge is 2.13. The van der Waals surface area contributed by atoms with Crippen LogP contribution in [-0.2, 0) is 0 Å². The molecule has 0 amide bonds. The number of anilines is 1. The summed E-state index contributed by atoms with van der Waals surface area (Å²) in [5.74, 6) is 0. The Morgan fingerprint density at radius 2 is 1.70 bits per heavy atom. The summed E-state index contributed by atoms with van der Waals surface area (Å²) in [6.45, 7) is 3.51. The summed E-state index contributed by atoms with van der Waals surface area (Å²) in [6, 6.07) is 17.7. The first kappa shape index (κ1) is 18.5. The van der Waals surface area contributed by atoms with Gasteiger partial charge in [-0.25, -0.2) is 0 Å². The summed E-state index contributed by atoms with van der Waals surface area (Å²) in [4.78, 5) is 12.9. The van der Waals surface area contributed by atoms with Gasteiger partial charge >= 0.3 is 0 Å². The molecule has 0 heterocycles. The van der Waals surface area contributed by atoms with Gasteiger partial charge in [0.05, 0.1) is 28.3 Å². The number of aliphatic hydroxyl groups is 1. The van der Waals surface area contributed by atoms with Gasteiger partial charge in [0.2, 0.25) is 0 Å². The fourth-order valence-electron chi connectivity index (χ4n) is 2.95. The quantitative estimate of drug-likeness (QED) is 0.363. The van der Waals surface area contributed by atoms with Crippen molar-refractivity contribution in [2.75, 3.05) is 24.6 Å². The summed E-state index contributed by atoms with van der Waals surface area (Å²) >= 11 is 0. The molecule has 0 saturated heterocycles. The minimum Gasteiger partial charge on any atom is -0.395 e. The van der Waals surface area contributed by atoms with E-state index in [1.165, 1.54) is 6.07 Å². The van der Waals surface area contributed by atoms with Crippen LogP contribution in [0.5, 0.6) is 0 Å². The minimum absolute atomic E-state index is 0.0532. The molecule has 0 unspecified atom stereocenters. The molecule has 0 atom stereocenters. The Balaban J connectivity index is 1.88. The number of nitrogens with zero attached hydrogens (tertiary/aromatic N) is 4. The second-order valence-corrected chi connectivity index (χ2v) is 5.93. The van der Waals surface area contributed by atoms with Gasteiger partial charge in [0.15, 0.2) is 0 Å². The van der Waals surface area contributed by atoms with Crippen LogP contribution in [0.1, 0.15) is 6.92 Å². The van der Waals surface area contributed by atoms with E-state index in [1.807, 2.05) is 37.3 Å². The van der Waals surface area contributed by atoms with Crippen molar-refractivity contribution in [3.63, 3.8) is 0 Å². The van der Waals surface area contributed by atoms with Crippen molar-refractivity contribution in [3.05, 3.63) is 70.8 Å². The van der Waals surface area contributed by atoms with E-state index in [4.69, 9.17) is 5.11 Å². The molecule has 3 aromatic carbocycles. The molecule has 0 aliphatic heterocycles. The van der Waals surface area contributed by atoms with Gasteiger partial charge in [-0.2, -0.15) is 5.11 Å². The maximum Gasteiger partial charge on any atom is 0.277 e. The van der Waals surface area contributed by atoms with Gasteiger partial charge in [-0.3, -0.25) is 10.1 Å². The number of non-ortho nitro benzene ring substituents is 1. The Hall–Kier alpha value is -3.32. The van der Waals surface area contributed by atoms with E-state index >= 15 is 0 Å². The van der Waals surface area contributed by atoms with Gasteiger partial charge in [-0.05, 0) is 43.3 Å². The molecule has 0 saturated carbocycles. The summed E-state index contributed by atoms with van der Waals surface area (Å²) in [5.41, 5.74) is 2.32. The van der Waals surface area contributed by atoms with E-state index in [9.17, 15) is 10.1 Å². The zero-order valence-electron chi connectivity index (χ0n) is 14.9. The van der Waals surface area contributed by atoms with Crippen LogP contribution < -0.4 is 4.90 Å². The second-order valence-electron chi connectivity index (χ2n) is 5.93. The lowest BCUT2D eigenvalue weighted by molar-refractivity contribution is -0.383. The number of azo groups is 1. The average Bonchev–Trinajstić information content (AvgIpc) is 2.70. The molecule has 0 aromatic heterocycles. The topological polar surface area (TPSA) is 91.3 Å². The number of rotatable bonds is 7. The van der Waals surface area contributed by atoms with E-state index in [1.54, 1.807) is 24.3 Å². The molecule has 0 spiro atoms. The van der Waals surface area contributed by atoms with Gasteiger partial charge in [0.1, 0.15) is 0 Å². The number of nitro benzene ring substituents is 1. The first-order chi connectivity index (χ1) is 13.1. The smallest absolute Gasteiger partial charge is 0.277 e. The fraction of sp³-hybridized carbons (Fsp3) is 0.200. The Kier molecular flexibility index (Phi) is 5.73. The van der Waals surface area contributed by atoms with Crippen molar-refractivity contribution in [3.8, 4) is 0 Å². The molecule has 27 heavy (non-hydrogen) atoms. The Morgan fingerprint density at radius 1 is 1.00 bits per heavy atom. The van der Waals surface area contributed by atoms with Crippen LogP contribution in [0, 0.1) is 10.1 Å². The molecule has 138 valence electrons. The van der Waals surface area contributed by atoms with Crippen LogP contribution in [-0.4, -0.2) is 29.7 Å². The van der Waals surface area contributed by atoms with Gasteiger partial charge in [-0.15, -0.1) is 5.11 Å². The molecule has 3 rings (SSSR count). The van der Waals surface area contributed by atoms with Crippen molar-refractivity contribution < 1.29 is 10.0 Å². The maximum absolute atomic E-state index is 11.2. The van der Waals surface area contributed by atoms with Crippen LogP contribution in [0.2, 0.25) is 0 Å². The molecule has 0 bridgehead atoms. The normalized spacial score (nSPS) is 11.2. The van der Waals surface area contributed by atoms with E-state index in [0.717, 1.165) is 12.2 Å². The zero-order chi connectivity index (χ0) is 19.2. The molecule has 7 nitrogen and oxygen atoms in total. The summed E-state index contributed by atoms with van der Waals surface area (Å²) < 4.78 is 0. The number of hydrogen-bond acceptors (Lipinski definition) is 6. The van der Waals surface area contributed by atoms with E-state index in [2.05, 4.69) is 15.1 Å². The Bertz CT molecular complexity index is 971. The lowest BCUT2D eigenvalue weighted by Gasteiger charge is -2.21. The van der Waals surface area contributed by atoms with Crippen molar-refractivity contribution in [2.24, 2.45) is 10.2 Å². The second kappa shape index (κ2) is 8.37. The number of aliphatic hydroxyl groups excluding tert-OH is 1. The Labute approximate surface area is 156 Å². The van der Waals surface area contributed by atoms with Crippen LogP contribution in [0.3, 0.4) is 0 Å². The number of benzene rings is 3. The van der Waals surface area contributed by atoms with Crippen LogP contribution in [0.4, 0.5) is 22.7 Å².